The predicted octanol–water partition coefficient (Wildman–Crippen LogP) is 1.98. The fourth-order valence-electron chi connectivity index (χ4n) is 1.80. The van der Waals surface area contributed by atoms with E-state index >= 15 is 0 Å². The molecule has 24 heavy (non-hydrogen) atoms. The minimum absolute atomic E-state index is 0.0367. The summed E-state index contributed by atoms with van der Waals surface area (Å²) in [6, 6.07) is 6.51. The van der Waals surface area contributed by atoms with Crippen LogP contribution in [0.1, 0.15) is 26.3 Å². The number of rotatable bonds is 8. The van der Waals surface area contributed by atoms with Crippen molar-refractivity contribution in [2.24, 2.45) is 0 Å². The van der Waals surface area contributed by atoms with Gasteiger partial charge in [-0.15, -0.1) is 0 Å². The Morgan fingerprint density at radius 2 is 2.04 bits per heavy atom. The second-order valence-electron chi connectivity index (χ2n) is 5.12. The second-order valence-corrected chi connectivity index (χ2v) is 5.12. The Bertz CT molecular complexity index is 674. The first-order chi connectivity index (χ1) is 11.4. The molecule has 0 unspecified atom stereocenters. The molecule has 0 aliphatic heterocycles. The Morgan fingerprint density at radius 1 is 1.33 bits per heavy atom. The molecule has 2 N–H and O–H groups in total. The number of ether oxygens (including phenoxy) is 2. The molecule has 0 bridgehead atoms. The van der Waals surface area contributed by atoms with Crippen LogP contribution in [0, 0.1) is 11.3 Å². The van der Waals surface area contributed by atoms with Gasteiger partial charge in [-0.25, -0.2) is 4.79 Å². The lowest BCUT2D eigenvalue weighted by molar-refractivity contribution is -0.139. The summed E-state index contributed by atoms with van der Waals surface area (Å²) in [5.74, 6) is -0.939. The molecule has 0 aliphatic rings. The average Bonchev–Trinajstić information content (AvgIpc) is 2.51. The zero-order valence-electron chi connectivity index (χ0n) is 13.8. The van der Waals surface area contributed by atoms with Gasteiger partial charge in [0.05, 0.1) is 6.61 Å². The summed E-state index contributed by atoms with van der Waals surface area (Å²) in [4.78, 5) is 22.5. The largest absolute Gasteiger partial charge is 0.490 e. The first-order valence-corrected chi connectivity index (χ1v) is 7.41. The van der Waals surface area contributed by atoms with E-state index in [-0.39, 0.29) is 17.4 Å². The number of benzene rings is 1. The van der Waals surface area contributed by atoms with Crippen molar-refractivity contribution in [3.63, 3.8) is 0 Å². The fourth-order valence-corrected chi connectivity index (χ4v) is 1.80. The van der Waals surface area contributed by atoms with Crippen LogP contribution in [0.5, 0.6) is 11.5 Å². The molecule has 0 spiro atoms. The van der Waals surface area contributed by atoms with Gasteiger partial charge in [0.15, 0.2) is 18.1 Å². The van der Waals surface area contributed by atoms with E-state index in [0.717, 1.165) is 0 Å². The minimum Gasteiger partial charge on any atom is -0.490 e. The van der Waals surface area contributed by atoms with E-state index < -0.39 is 18.5 Å². The number of carbonyl (C=O) groups excluding carboxylic acids is 1. The van der Waals surface area contributed by atoms with Gasteiger partial charge in [-0.05, 0) is 44.5 Å². The third-order valence-corrected chi connectivity index (χ3v) is 2.71. The monoisotopic (exact) mass is 332 g/mol. The standard InChI is InChI=1S/C17H20N2O5/c1-4-23-15-8-12(5-6-14(15)24-10-16(20)21)7-13(9-18)17(22)19-11(2)3/h5-8,11H,4,10H2,1-3H3,(H,19,22)(H,20,21)/b13-7-. The maximum absolute atomic E-state index is 11.9. The summed E-state index contributed by atoms with van der Waals surface area (Å²) < 4.78 is 10.6. The summed E-state index contributed by atoms with van der Waals surface area (Å²) in [5, 5.41) is 20.5. The van der Waals surface area contributed by atoms with E-state index in [2.05, 4.69) is 5.32 Å². The lowest BCUT2D eigenvalue weighted by Gasteiger charge is -2.11. The first kappa shape index (κ1) is 19.0. The Labute approximate surface area is 140 Å². The summed E-state index contributed by atoms with van der Waals surface area (Å²) in [7, 11) is 0. The maximum Gasteiger partial charge on any atom is 0.341 e. The molecule has 1 aromatic rings. The maximum atomic E-state index is 11.9. The van der Waals surface area contributed by atoms with Crippen molar-refractivity contribution in [1.29, 1.82) is 5.26 Å². The lowest BCUT2D eigenvalue weighted by atomic mass is 10.1. The van der Waals surface area contributed by atoms with Crippen molar-refractivity contribution < 1.29 is 24.2 Å². The molecule has 0 saturated heterocycles. The highest BCUT2D eigenvalue weighted by Gasteiger charge is 2.12. The summed E-state index contributed by atoms with van der Waals surface area (Å²) in [6.07, 6.45) is 1.43. The van der Waals surface area contributed by atoms with Crippen molar-refractivity contribution in [2.75, 3.05) is 13.2 Å². The number of carboxylic acid groups (broad SMARTS) is 1. The topological polar surface area (TPSA) is 109 Å². The van der Waals surface area contributed by atoms with Crippen LogP contribution < -0.4 is 14.8 Å². The van der Waals surface area contributed by atoms with E-state index in [1.54, 1.807) is 32.9 Å². The molecule has 0 saturated carbocycles. The molecular formula is C17H20N2O5. The van der Waals surface area contributed by atoms with Crippen LogP contribution in [-0.4, -0.2) is 36.2 Å². The number of amides is 1. The molecule has 0 aliphatic carbocycles. The van der Waals surface area contributed by atoms with Gasteiger partial charge in [-0.1, -0.05) is 6.07 Å². The van der Waals surface area contributed by atoms with Crippen LogP contribution in [-0.2, 0) is 9.59 Å². The molecule has 0 radical (unpaired) electrons. The van der Waals surface area contributed by atoms with Crippen molar-refractivity contribution >= 4 is 18.0 Å². The molecule has 1 rings (SSSR count). The lowest BCUT2D eigenvalue weighted by Crippen LogP contribution is -2.30. The van der Waals surface area contributed by atoms with Crippen LogP contribution in [0.4, 0.5) is 0 Å². The van der Waals surface area contributed by atoms with Crippen LogP contribution in [0.2, 0.25) is 0 Å². The molecular weight excluding hydrogens is 312 g/mol. The Balaban J connectivity index is 3.09. The Morgan fingerprint density at radius 3 is 2.58 bits per heavy atom. The van der Waals surface area contributed by atoms with Gasteiger partial charge < -0.3 is 19.9 Å². The van der Waals surface area contributed by atoms with Gasteiger partial charge in [0.25, 0.3) is 5.91 Å². The molecule has 0 fully saturated rings. The predicted molar refractivity (Wildman–Crippen MR) is 87.6 cm³/mol. The van der Waals surface area contributed by atoms with Crippen molar-refractivity contribution in [2.45, 2.75) is 26.8 Å². The third-order valence-electron chi connectivity index (χ3n) is 2.71. The molecule has 0 atom stereocenters. The van der Waals surface area contributed by atoms with Crippen LogP contribution >= 0.6 is 0 Å². The van der Waals surface area contributed by atoms with E-state index in [0.29, 0.717) is 17.9 Å². The highest BCUT2D eigenvalue weighted by atomic mass is 16.5. The highest BCUT2D eigenvalue weighted by molar-refractivity contribution is 6.01. The molecule has 1 aromatic carbocycles. The smallest absolute Gasteiger partial charge is 0.341 e. The number of carboxylic acids is 1. The van der Waals surface area contributed by atoms with Gasteiger partial charge in [0.1, 0.15) is 11.6 Å². The summed E-state index contributed by atoms with van der Waals surface area (Å²) in [6.45, 7) is 5.24. The van der Waals surface area contributed by atoms with E-state index in [4.69, 9.17) is 19.8 Å². The van der Waals surface area contributed by atoms with Gasteiger partial charge in [-0.3, -0.25) is 4.79 Å². The average molecular weight is 332 g/mol. The molecule has 7 nitrogen and oxygen atoms in total. The van der Waals surface area contributed by atoms with Crippen LogP contribution in [0.3, 0.4) is 0 Å². The molecule has 1 amide bonds. The number of hydrogen-bond donors (Lipinski definition) is 2. The van der Waals surface area contributed by atoms with E-state index in [9.17, 15) is 9.59 Å². The first-order valence-electron chi connectivity index (χ1n) is 7.41. The number of nitrogens with zero attached hydrogens (tertiary/aromatic N) is 1. The minimum atomic E-state index is -1.10. The van der Waals surface area contributed by atoms with Crippen LogP contribution in [0.25, 0.3) is 6.08 Å². The van der Waals surface area contributed by atoms with Gasteiger partial charge in [0, 0.05) is 6.04 Å². The Hall–Kier alpha value is -3.01. The number of hydrogen-bond acceptors (Lipinski definition) is 5. The SMILES string of the molecule is CCOc1cc(/C=C(/C#N)C(=O)NC(C)C)ccc1OCC(=O)O. The normalized spacial score (nSPS) is 10.9. The van der Waals surface area contributed by atoms with E-state index in [1.807, 2.05) is 6.07 Å². The van der Waals surface area contributed by atoms with Gasteiger partial charge >= 0.3 is 5.97 Å². The number of aliphatic carboxylic acids is 1. The number of carbonyl (C=O) groups is 2. The number of nitriles is 1. The van der Waals surface area contributed by atoms with Crippen molar-refractivity contribution in [3.05, 3.63) is 29.3 Å². The van der Waals surface area contributed by atoms with Gasteiger partial charge in [-0.2, -0.15) is 5.26 Å². The Kier molecular flexibility index (Phi) is 7.30. The van der Waals surface area contributed by atoms with E-state index in [1.165, 1.54) is 12.1 Å². The summed E-state index contributed by atoms with van der Waals surface area (Å²) >= 11 is 0. The van der Waals surface area contributed by atoms with Crippen molar-refractivity contribution in [1.82, 2.24) is 5.32 Å². The third kappa shape index (κ3) is 6.01. The van der Waals surface area contributed by atoms with Crippen molar-refractivity contribution in [3.8, 4) is 17.6 Å². The van der Waals surface area contributed by atoms with Gasteiger partial charge in [0.2, 0.25) is 0 Å². The van der Waals surface area contributed by atoms with Crippen LogP contribution in [0.15, 0.2) is 23.8 Å². The second kappa shape index (κ2) is 9.20. The quantitative estimate of drug-likeness (QED) is 0.556. The summed E-state index contributed by atoms with van der Waals surface area (Å²) in [5.41, 5.74) is 0.530. The fraction of sp³-hybridized carbons (Fsp3) is 0.353. The zero-order chi connectivity index (χ0) is 18.1. The number of nitrogens with one attached hydrogen (secondary N) is 1. The zero-order valence-corrected chi connectivity index (χ0v) is 13.8. The highest BCUT2D eigenvalue weighted by Crippen LogP contribution is 2.29. The molecule has 0 heterocycles. The molecule has 7 heteroatoms. The molecule has 128 valence electrons. The molecule has 0 aromatic heterocycles.